The first kappa shape index (κ1) is 14.4. The van der Waals surface area contributed by atoms with Gasteiger partial charge in [-0.05, 0) is 42.4 Å². The molecule has 0 saturated carbocycles. The van der Waals surface area contributed by atoms with Crippen LogP contribution in [-0.2, 0) is 11.3 Å². The summed E-state index contributed by atoms with van der Waals surface area (Å²) < 4.78 is 13.2. The Labute approximate surface area is 107 Å². The highest BCUT2D eigenvalue weighted by Crippen LogP contribution is 2.15. The summed E-state index contributed by atoms with van der Waals surface area (Å²) in [4.78, 5) is 12.7. The van der Waals surface area contributed by atoms with Crippen LogP contribution < -0.4 is 0 Å². The lowest BCUT2D eigenvalue weighted by Crippen LogP contribution is -2.22. The second-order valence-corrected chi connectivity index (χ2v) is 3.98. The first-order chi connectivity index (χ1) is 8.56. The van der Waals surface area contributed by atoms with Gasteiger partial charge in [0, 0.05) is 12.6 Å². The van der Waals surface area contributed by atoms with Gasteiger partial charge in [-0.1, -0.05) is 19.9 Å². The van der Waals surface area contributed by atoms with E-state index in [0.29, 0.717) is 12.1 Å². The number of halogens is 1. The van der Waals surface area contributed by atoms with Crippen LogP contribution in [0.2, 0.25) is 0 Å². The molecule has 0 aliphatic carbocycles. The Balaban J connectivity index is 2.99. The number of hydrogen-bond acceptors (Lipinski definition) is 2. The molecule has 1 aromatic rings. The number of carbonyl (C=O) groups is 1. The van der Waals surface area contributed by atoms with E-state index in [1.54, 1.807) is 6.07 Å². The van der Waals surface area contributed by atoms with Crippen LogP contribution in [0.4, 0.5) is 4.39 Å². The molecule has 3 nitrogen and oxygen atoms in total. The monoisotopic (exact) mass is 251 g/mol. The van der Waals surface area contributed by atoms with E-state index in [4.69, 9.17) is 5.11 Å². The maximum atomic E-state index is 13.2. The fraction of sp³-hybridized carbons (Fsp3) is 0.357. The molecular weight excluding hydrogens is 233 g/mol. The van der Waals surface area contributed by atoms with Crippen molar-refractivity contribution in [2.75, 3.05) is 13.1 Å². The van der Waals surface area contributed by atoms with Crippen LogP contribution in [0.25, 0.3) is 6.08 Å². The molecule has 0 fully saturated rings. The van der Waals surface area contributed by atoms with Crippen molar-refractivity contribution in [3.8, 4) is 0 Å². The van der Waals surface area contributed by atoms with E-state index >= 15 is 0 Å². The largest absolute Gasteiger partial charge is 0.478 e. The maximum absolute atomic E-state index is 13.2. The zero-order valence-corrected chi connectivity index (χ0v) is 10.7. The molecular formula is C14H18FNO2. The predicted molar refractivity (Wildman–Crippen MR) is 69.7 cm³/mol. The summed E-state index contributed by atoms with van der Waals surface area (Å²) in [5.74, 6) is -1.39. The van der Waals surface area contributed by atoms with Crippen LogP contribution in [0.1, 0.15) is 25.0 Å². The summed E-state index contributed by atoms with van der Waals surface area (Å²) in [6, 6.07) is 4.46. The molecule has 4 heteroatoms. The summed E-state index contributed by atoms with van der Waals surface area (Å²) >= 11 is 0. The molecule has 0 aromatic heterocycles. The second kappa shape index (κ2) is 6.91. The third-order valence-corrected chi connectivity index (χ3v) is 2.80. The van der Waals surface area contributed by atoms with Crippen LogP contribution in [0.3, 0.4) is 0 Å². The third kappa shape index (κ3) is 4.30. The zero-order chi connectivity index (χ0) is 13.5. The molecule has 0 amide bonds. The summed E-state index contributed by atoms with van der Waals surface area (Å²) in [6.07, 6.45) is 2.46. The minimum absolute atomic E-state index is 0.358. The number of carboxylic acids is 1. The van der Waals surface area contributed by atoms with Crippen LogP contribution in [0.15, 0.2) is 24.3 Å². The molecule has 98 valence electrons. The maximum Gasteiger partial charge on any atom is 0.328 e. The van der Waals surface area contributed by atoms with Gasteiger partial charge in [0.1, 0.15) is 5.82 Å². The van der Waals surface area contributed by atoms with Gasteiger partial charge in [-0.2, -0.15) is 0 Å². The normalized spacial score (nSPS) is 11.3. The van der Waals surface area contributed by atoms with Crippen LogP contribution in [-0.4, -0.2) is 29.1 Å². The highest BCUT2D eigenvalue weighted by Gasteiger charge is 2.06. The first-order valence-electron chi connectivity index (χ1n) is 5.98. The van der Waals surface area contributed by atoms with E-state index < -0.39 is 5.97 Å². The molecule has 0 radical (unpaired) electrons. The van der Waals surface area contributed by atoms with E-state index in [-0.39, 0.29) is 5.82 Å². The fourth-order valence-electron chi connectivity index (χ4n) is 1.71. The lowest BCUT2D eigenvalue weighted by atomic mass is 10.1. The lowest BCUT2D eigenvalue weighted by molar-refractivity contribution is -0.131. The van der Waals surface area contributed by atoms with Gasteiger partial charge in [0.25, 0.3) is 0 Å². The smallest absolute Gasteiger partial charge is 0.328 e. The highest BCUT2D eigenvalue weighted by atomic mass is 19.1. The molecule has 1 N–H and O–H groups in total. The average molecular weight is 251 g/mol. The van der Waals surface area contributed by atoms with E-state index in [1.165, 1.54) is 18.2 Å². The molecule has 0 spiro atoms. The number of hydrogen-bond donors (Lipinski definition) is 1. The van der Waals surface area contributed by atoms with E-state index in [9.17, 15) is 9.18 Å². The lowest BCUT2D eigenvalue weighted by Gasteiger charge is -2.19. The topological polar surface area (TPSA) is 40.5 Å². The number of rotatable bonds is 6. The van der Waals surface area contributed by atoms with Crippen molar-refractivity contribution >= 4 is 12.0 Å². The standard InChI is InChI=1S/C14H18FNO2/c1-3-16(4-2)10-12-5-7-13(15)9-11(12)6-8-14(17)18/h5-9H,3-4,10H2,1-2H3,(H,17,18). The van der Waals surface area contributed by atoms with Crippen molar-refractivity contribution in [3.63, 3.8) is 0 Å². The number of nitrogens with zero attached hydrogens (tertiary/aromatic N) is 1. The van der Waals surface area contributed by atoms with Crippen molar-refractivity contribution in [1.82, 2.24) is 4.90 Å². The minimum Gasteiger partial charge on any atom is -0.478 e. The van der Waals surface area contributed by atoms with Crippen LogP contribution >= 0.6 is 0 Å². The summed E-state index contributed by atoms with van der Waals surface area (Å²) in [5, 5.41) is 8.62. The van der Waals surface area contributed by atoms with Gasteiger partial charge in [-0.15, -0.1) is 0 Å². The molecule has 0 saturated heterocycles. The van der Waals surface area contributed by atoms with Gasteiger partial charge in [-0.25, -0.2) is 9.18 Å². The molecule has 18 heavy (non-hydrogen) atoms. The Bertz CT molecular complexity index is 439. The molecule has 0 heterocycles. The van der Waals surface area contributed by atoms with Crippen molar-refractivity contribution in [2.45, 2.75) is 20.4 Å². The summed E-state index contributed by atoms with van der Waals surface area (Å²) in [7, 11) is 0. The molecule has 0 atom stereocenters. The number of aliphatic carboxylic acids is 1. The Morgan fingerprint density at radius 3 is 2.61 bits per heavy atom. The SMILES string of the molecule is CCN(CC)Cc1ccc(F)cc1C=CC(=O)O. The molecule has 0 aliphatic rings. The molecule has 0 unspecified atom stereocenters. The first-order valence-corrected chi connectivity index (χ1v) is 5.98. The Morgan fingerprint density at radius 2 is 2.06 bits per heavy atom. The van der Waals surface area contributed by atoms with Gasteiger partial charge in [0.05, 0.1) is 0 Å². The van der Waals surface area contributed by atoms with Gasteiger partial charge < -0.3 is 5.11 Å². The van der Waals surface area contributed by atoms with E-state index in [0.717, 1.165) is 24.7 Å². The summed E-state index contributed by atoms with van der Waals surface area (Å²) in [5.41, 5.74) is 1.54. The van der Waals surface area contributed by atoms with Crippen molar-refractivity contribution in [1.29, 1.82) is 0 Å². The third-order valence-electron chi connectivity index (χ3n) is 2.80. The van der Waals surface area contributed by atoms with Gasteiger partial charge in [-0.3, -0.25) is 4.90 Å². The second-order valence-electron chi connectivity index (χ2n) is 3.98. The van der Waals surface area contributed by atoms with Crippen LogP contribution in [0.5, 0.6) is 0 Å². The predicted octanol–water partition coefficient (Wildman–Crippen LogP) is 2.77. The number of carboxylic acid groups (broad SMARTS) is 1. The fourth-order valence-corrected chi connectivity index (χ4v) is 1.71. The molecule has 1 aromatic carbocycles. The Morgan fingerprint density at radius 1 is 1.39 bits per heavy atom. The minimum atomic E-state index is -1.03. The van der Waals surface area contributed by atoms with E-state index in [2.05, 4.69) is 18.7 Å². The number of benzene rings is 1. The van der Waals surface area contributed by atoms with Crippen LogP contribution in [0, 0.1) is 5.82 Å². The van der Waals surface area contributed by atoms with Gasteiger partial charge >= 0.3 is 5.97 Å². The molecule has 0 bridgehead atoms. The average Bonchev–Trinajstić information content (AvgIpc) is 2.35. The van der Waals surface area contributed by atoms with Gasteiger partial charge in [0.15, 0.2) is 0 Å². The summed E-state index contributed by atoms with van der Waals surface area (Å²) in [6.45, 7) is 6.60. The van der Waals surface area contributed by atoms with Crippen molar-refractivity contribution < 1.29 is 14.3 Å². The quantitative estimate of drug-likeness (QED) is 0.790. The Kier molecular flexibility index (Phi) is 5.52. The molecule has 1 rings (SSSR count). The molecule has 0 aliphatic heterocycles. The van der Waals surface area contributed by atoms with Crippen molar-refractivity contribution in [3.05, 3.63) is 41.2 Å². The van der Waals surface area contributed by atoms with Gasteiger partial charge in [0.2, 0.25) is 0 Å². The van der Waals surface area contributed by atoms with Crippen molar-refractivity contribution in [2.24, 2.45) is 0 Å². The zero-order valence-electron chi connectivity index (χ0n) is 10.7. The highest BCUT2D eigenvalue weighted by molar-refractivity contribution is 5.85. The Hall–Kier alpha value is -1.68. The van der Waals surface area contributed by atoms with E-state index in [1.807, 2.05) is 0 Å².